The molecule has 210 valence electrons. The highest BCUT2D eigenvalue weighted by atomic mass is 32.2. The van der Waals surface area contributed by atoms with Crippen molar-refractivity contribution >= 4 is 80.7 Å². The lowest BCUT2D eigenvalue weighted by atomic mass is 9.35. The molecule has 3 heterocycles. The molecule has 0 N–H and O–H groups in total. The van der Waals surface area contributed by atoms with Gasteiger partial charge in [-0.25, -0.2) is 0 Å². The smallest absolute Gasteiger partial charge is 0.249 e. The van der Waals surface area contributed by atoms with E-state index in [1.54, 1.807) is 0 Å². The van der Waals surface area contributed by atoms with Gasteiger partial charge in [0.15, 0.2) is 8.07 Å². The van der Waals surface area contributed by atoms with Gasteiger partial charge in [0, 0.05) is 26.9 Å². The fourth-order valence-corrected chi connectivity index (χ4v) is 14.4. The zero-order valence-electron chi connectivity index (χ0n) is 25.2. The second-order valence-corrected chi connectivity index (χ2v) is 18.1. The summed E-state index contributed by atoms with van der Waals surface area (Å²) in [5, 5.41) is 5.80. The largest absolute Gasteiger partial charge is 0.312 e. The highest BCUT2D eigenvalue weighted by Crippen LogP contribution is 2.45. The van der Waals surface area contributed by atoms with Gasteiger partial charge in [0.2, 0.25) is 6.71 Å². The average molecular weight is 598 g/mol. The van der Waals surface area contributed by atoms with E-state index in [1.807, 2.05) is 11.8 Å². The molecule has 0 saturated carbocycles. The molecule has 3 aliphatic heterocycles. The van der Waals surface area contributed by atoms with E-state index in [2.05, 4.69) is 165 Å². The molecule has 3 aliphatic rings. The topological polar surface area (TPSA) is 3.24 Å². The number of benzene rings is 6. The Morgan fingerprint density at radius 1 is 0.568 bits per heavy atom. The van der Waals surface area contributed by atoms with Crippen molar-refractivity contribution in [2.75, 3.05) is 4.90 Å². The molecule has 0 amide bonds. The van der Waals surface area contributed by atoms with Gasteiger partial charge in [-0.05, 0) is 66.9 Å². The van der Waals surface area contributed by atoms with E-state index in [9.17, 15) is 0 Å². The molecule has 0 aliphatic carbocycles. The maximum atomic E-state index is 2.65. The normalized spacial score (nSPS) is 15.2. The predicted molar refractivity (Wildman–Crippen MR) is 192 cm³/mol. The Balaban J connectivity index is 1.47. The molecule has 0 fully saturated rings. The van der Waals surface area contributed by atoms with E-state index < -0.39 is 8.07 Å². The molecule has 6 aromatic rings. The summed E-state index contributed by atoms with van der Waals surface area (Å²) in [7, 11) is -2.68. The molecular weight excluding hydrogens is 565 g/mol. The summed E-state index contributed by atoms with van der Waals surface area (Å²) in [5.74, 6) is 0. The number of fused-ring (bicyclic) bond motifs is 6. The van der Waals surface area contributed by atoms with Crippen LogP contribution in [0.5, 0.6) is 0 Å². The van der Waals surface area contributed by atoms with E-state index in [0.29, 0.717) is 0 Å². The van der Waals surface area contributed by atoms with Crippen LogP contribution in [0.3, 0.4) is 0 Å². The summed E-state index contributed by atoms with van der Waals surface area (Å²) < 4.78 is 0. The van der Waals surface area contributed by atoms with Gasteiger partial charge < -0.3 is 4.90 Å². The minimum atomic E-state index is -2.68. The summed E-state index contributed by atoms with van der Waals surface area (Å²) in [6.07, 6.45) is 0. The van der Waals surface area contributed by atoms with E-state index in [1.165, 1.54) is 69.6 Å². The lowest BCUT2D eigenvalue weighted by Crippen LogP contribution is -2.78. The standard InChI is InChI=1S/C40H32BNSSi/c1-40(2,3)27-25-33-38-35(26-27)43-34-22-12-10-19-30(34)41(38)31-20-14-24-37-39(31)42(33)32-21-11-13-23-36(32)44(37,28-15-6-4-7-16-28)29-17-8-5-9-18-29/h4-26H,1-3H3. The minimum Gasteiger partial charge on any atom is -0.312 e. The lowest BCUT2D eigenvalue weighted by molar-refractivity contribution is 0.589. The first-order chi connectivity index (χ1) is 21.5. The monoisotopic (exact) mass is 597 g/mol. The number of rotatable bonds is 2. The van der Waals surface area contributed by atoms with Crippen molar-refractivity contribution in [3.05, 3.63) is 145 Å². The third kappa shape index (κ3) is 3.44. The highest BCUT2D eigenvalue weighted by molar-refractivity contribution is 8.00. The molecule has 0 radical (unpaired) electrons. The number of hydrogen-bond donors (Lipinski definition) is 0. The van der Waals surface area contributed by atoms with Crippen molar-refractivity contribution in [3.8, 4) is 0 Å². The highest BCUT2D eigenvalue weighted by Gasteiger charge is 2.52. The molecule has 0 unspecified atom stereocenters. The third-order valence-electron chi connectivity index (χ3n) is 9.93. The van der Waals surface area contributed by atoms with Crippen LogP contribution in [0.1, 0.15) is 26.3 Å². The maximum absolute atomic E-state index is 2.68. The Labute approximate surface area is 265 Å². The molecule has 0 aromatic heterocycles. The van der Waals surface area contributed by atoms with Crippen molar-refractivity contribution in [1.29, 1.82) is 0 Å². The van der Waals surface area contributed by atoms with Crippen molar-refractivity contribution in [2.24, 2.45) is 0 Å². The van der Waals surface area contributed by atoms with Crippen LogP contribution >= 0.6 is 11.8 Å². The summed E-state index contributed by atoms with van der Waals surface area (Å²) in [6, 6.07) is 53.3. The fraction of sp³-hybridized carbons (Fsp3) is 0.100. The van der Waals surface area contributed by atoms with Crippen molar-refractivity contribution < 1.29 is 0 Å². The number of para-hydroxylation sites is 2. The molecule has 6 aromatic carbocycles. The van der Waals surface area contributed by atoms with Gasteiger partial charge in [0.1, 0.15) is 0 Å². The SMILES string of the molecule is CC(C)(C)c1cc2c3c(c1)N1c4ccccc4[Si](c4ccccc4)(c4ccccc4)c4cccc(c41)B3c1ccccc1S2. The van der Waals surface area contributed by atoms with Crippen molar-refractivity contribution in [2.45, 2.75) is 36.0 Å². The molecule has 0 spiro atoms. The van der Waals surface area contributed by atoms with Gasteiger partial charge in [0.05, 0.1) is 0 Å². The van der Waals surface area contributed by atoms with Gasteiger partial charge in [-0.1, -0.05) is 153 Å². The molecule has 1 nitrogen and oxygen atoms in total. The molecule has 0 atom stereocenters. The van der Waals surface area contributed by atoms with E-state index >= 15 is 0 Å². The van der Waals surface area contributed by atoms with Gasteiger partial charge in [-0.2, -0.15) is 0 Å². The van der Waals surface area contributed by atoms with Crippen LogP contribution in [-0.2, 0) is 5.41 Å². The number of hydrogen-bond acceptors (Lipinski definition) is 2. The van der Waals surface area contributed by atoms with Gasteiger partial charge in [-0.3, -0.25) is 0 Å². The molecule has 44 heavy (non-hydrogen) atoms. The van der Waals surface area contributed by atoms with Crippen molar-refractivity contribution in [3.63, 3.8) is 0 Å². The molecule has 9 rings (SSSR count). The first kappa shape index (κ1) is 26.2. The van der Waals surface area contributed by atoms with Gasteiger partial charge >= 0.3 is 0 Å². The van der Waals surface area contributed by atoms with Crippen LogP contribution in [0.15, 0.2) is 149 Å². The van der Waals surface area contributed by atoms with Crippen LogP contribution in [0, 0.1) is 0 Å². The maximum Gasteiger partial charge on any atom is 0.249 e. The molecular formula is C40H32BNSSi. The van der Waals surface area contributed by atoms with Crippen molar-refractivity contribution in [1.82, 2.24) is 0 Å². The Morgan fingerprint density at radius 3 is 1.91 bits per heavy atom. The van der Waals surface area contributed by atoms with Gasteiger partial charge in [-0.15, -0.1) is 0 Å². The lowest BCUT2D eigenvalue weighted by Gasteiger charge is -2.50. The number of nitrogens with zero attached hydrogens (tertiary/aromatic N) is 1. The average Bonchev–Trinajstić information content (AvgIpc) is 3.06. The van der Waals surface area contributed by atoms with Crippen LogP contribution in [-0.4, -0.2) is 14.8 Å². The van der Waals surface area contributed by atoms with Gasteiger partial charge in [0.25, 0.3) is 0 Å². The van der Waals surface area contributed by atoms with E-state index in [0.717, 1.165) is 0 Å². The third-order valence-corrected chi connectivity index (χ3v) is 15.9. The Bertz CT molecular complexity index is 2060. The van der Waals surface area contributed by atoms with Crippen LogP contribution in [0.2, 0.25) is 0 Å². The summed E-state index contributed by atoms with van der Waals surface area (Å²) in [6.45, 7) is 7.22. The second kappa shape index (κ2) is 9.38. The van der Waals surface area contributed by atoms with Crippen LogP contribution < -0.4 is 42.0 Å². The van der Waals surface area contributed by atoms with Crippen LogP contribution in [0.25, 0.3) is 0 Å². The quantitative estimate of drug-likeness (QED) is 0.244. The van der Waals surface area contributed by atoms with Crippen LogP contribution in [0.4, 0.5) is 17.1 Å². The molecule has 0 bridgehead atoms. The second-order valence-electron chi connectivity index (χ2n) is 13.3. The summed E-state index contributed by atoms with van der Waals surface area (Å²) in [5.41, 5.74) is 9.77. The predicted octanol–water partition coefficient (Wildman–Crippen LogP) is 5.44. The first-order valence-electron chi connectivity index (χ1n) is 15.6. The Kier molecular flexibility index (Phi) is 5.58. The summed E-state index contributed by atoms with van der Waals surface area (Å²) in [4.78, 5) is 5.42. The molecule has 0 saturated heterocycles. The van der Waals surface area contributed by atoms with E-state index in [4.69, 9.17) is 0 Å². The fourth-order valence-electron chi connectivity index (χ4n) is 8.03. The number of anilines is 3. The zero-order chi connectivity index (χ0) is 29.6. The Morgan fingerprint density at radius 2 is 1.18 bits per heavy atom. The first-order valence-corrected chi connectivity index (χ1v) is 18.4. The zero-order valence-corrected chi connectivity index (χ0v) is 27.0. The molecule has 4 heteroatoms. The minimum absolute atomic E-state index is 0.0280. The Hall–Kier alpha value is -4.25. The summed E-state index contributed by atoms with van der Waals surface area (Å²) >= 11 is 1.95. The van der Waals surface area contributed by atoms with E-state index in [-0.39, 0.29) is 12.1 Å².